The number of carbonyl (C=O) groups excluding carboxylic acids is 2. The van der Waals surface area contributed by atoms with Crippen LogP contribution in [0.2, 0.25) is 0 Å². The molecule has 0 aliphatic carbocycles. The Morgan fingerprint density at radius 3 is 2.48 bits per heavy atom. The van der Waals surface area contributed by atoms with Crippen LogP contribution in [0.15, 0.2) is 30.3 Å². The zero-order valence-corrected chi connectivity index (χ0v) is 11.8. The van der Waals surface area contributed by atoms with Crippen LogP contribution in [0.1, 0.15) is 12.8 Å². The van der Waals surface area contributed by atoms with Gasteiger partial charge in [-0.2, -0.15) is 0 Å². The van der Waals surface area contributed by atoms with E-state index in [9.17, 15) is 9.59 Å². The highest BCUT2D eigenvalue weighted by Gasteiger charge is 2.33. The Morgan fingerprint density at radius 2 is 1.86 bits per heavy atom. The molecule has 6 nitrogen and oxygen atoms in total. The number of benzene rings is 1. The fraction of sp³-hybridized carbons (Fsp3) is 0.467. The molecule has 3 rings (SSSR count). The van der Waals surface area contributed by atoms with Crippen molar-refractivity contribution in [2.45, 2.75) is 18.9 Å². The number of nitrogens with one attached hydrogen (secondary N) is 1. The van der Waals surface area contributed by atoms with E-state index in [4.69, 9.17) is 4.74 Å². The molecule has 2 heterocycles. The molecule has 2 aliphatic heterocycles. The highest BCUT2D eigenvalue weighted by Crippen LogP contribution is 2.20. The number of rotatable bonds is 2. The van der Waals surface area contributed by atoms with Gasteiger partial charge in [-0.3, -0.25) is 0 Å². The molecule has 2 aliphatic rings. The Bertz CT molecular complexity index is 512. The number of ether oxygens (including phenoxy) is 1. The zero-order chi connectivity index (χ0) is 14.7. The predicted octanol–water partition coefficient (Wildman–Crippen LogP) is 2.14. The summed E-state index contributed by atoms with van der Waals surface area (Å²) in [5, 5.41) is 2.89. The van der Waals surface area contributed by atoms with Crippen molar-refractivity contribution in [1.82, 2.24) is 9.80 Å². The minimum Gasteiger partial charge on any atom is -0.448 e. The predicted molar refractivity (Wildman–Crippen MR) is 78.1 cm³/mol. The number of hydrogen-bond donors (Lipinski definition) is 1. The molecular weight excluding hydrogens is 270 g/mol. The average molecular weight is 289 g/mol. The fourth-order valence-electron chi connectivity index (χ4n) is 2.84. The van der Waals surface area contributed by atoms with Crippen LogP contribution < -0.4 is 5.32 Å². The second kappa shape index (κ2) is 6.03. The average Bonchev–Trinajstić information content (AvgIpc) is 2.94. The van der Waals surface area contributed by atoms with Crippen molar-refractivity contribution in [2.24, 2.45) is 0 Å². The summed E-state index contributed by atoms with van der Waals surface area (Å²) < 4.78 is 4.97. The van der Waals surface area contributed by atoms with Crippen LogP contribution in [0.5, 0.6) is 0 Å². The first-order chi connectivity index (χ1) is 10.2. The van der Waals surface area contributed by atoms with Gasteiger partial charge in [0.15, 0.2) is 0 Å². The van der Waals surface area contributed by atoms with Crippen molar-refractivity contribution in [3.05, 3.63) is 30.3 Å². The number of para-hydroxylation sites is 1. The zero-order valence-electron chi connectivity index (χ0n) is 11.8. The lowest BCUT2D eigenvalue weighted by Crippen LogP contribution is -2.48. The van der Waals surface area contributed by atoms with Crippen LogP contribution in [0, 0.1) is 0 Å². The summed E-state index contributed by atoms with van der Waals surface area (Å²) in [6.45, 7) is 2.47. The number of urea groups is 1. The number of nitrogens with zero attached hydrogens (tertiary/aromatic N) is 2. The van der Waals surface area contributed by atoms with Crippen LogP contribution in [0.4, 0.5) is 15.3 Å². The largest absolute Gasteiger partial charge is 0.448 e. The maximum Gasteiger partial charge on any atom is 0.410 e. The van der Waals surface area contributed by atoms with Crippen molar-refractivity contribution in [3.63, 3.8) is 0 Å². The Labute approximate surface area is 123 Å². The molecule has 1 aromatic rings. The Kier molecular flexibility index (Phi) is 3.94. The molecular formula is C15H19N3O3. The summed E-state index contributed by atoms with van der Waals surface area (Å²) in [6, 6.07) is 9.54. The van der Waals surface area contributed by atoms with Gasteiger partial charge in [0.2, 0.25) is 0 Å². The standard InChI is InChI=1S/C15H19N3O3/c19-14(16-12-4-2-1-3-5-12)17-8-6-13(7-9-17)18-10-11-21-15(18)20/h1-5,13H,6-11H2,(H,16,19). The van der Waals surface area contributed by atoms with Gasteiger partial charge in [0.1, 0.15) is 6.61 Å². The molecule has 112 valence electrons. The fourth-order valence-corrected chi connectivity index (χ4v) is 2.84. The van der Waals surface area contributed by atoms with Gasteiger partial charge >= 0.3 is 12.1 Å². The van der Waals surface area contributed by atoms with E-state index in [1.165, 1.54) is 0 Å². The summed E-state index contributed by atoms with van der Waals surface area (Å²) in [5.74, 6) is 0. The van der Waals surface area contributed by atoms with Gasteiger partial charge in [-0.05, 0) is 25.0 Å². The van der Waals surface area contributed by atoms with Crippen LogP contribution in [0.25, 0.3) is 0 Å². The van der Waals surface area contributed by atoms with Crippen molar-refractivity contribution in [2.75, 3.05) is 31.6 Å². The number of anilines is 1. The van der Waals surface area contributed by atoms with Crippen LogP contribution in [-0.2, 0) is 4.74 Å². The van der Waals surface area contributed by atoms with Gasteiger partial charge in [-0.1, -0.05) is 18.2 Å². The van der Waals surface area contributed by atoms with Crippen LogP contribution >= 0.6 is 0 Å². The van der Waals surface area contributed by atoms with Crippen molar-refractivity contribution < 1.29 is 14.3 Å². The lowest BCUT2D eigenvalue weighted by atomic mass is 10.0. The SMILES string of the molecule is O=C(Nc1ccccc1)N1CCC(N2CCOC2=O)CC1. The van der Waals surface area contributed by atoms with Gasteiger partial charge in [0, 0.05) is 24.8 Å². The molecule has 0 spiro atoms. The van der Waals surface area contributed by atoms with Crippen molar-refractivity contribution in [3.8, 4) is 0 Å². The quantitative estimate of drug-likeness (QED) is 0.907. The second-order valence-electron chi connectivity index (χ2n) is 5.32. The van der Waals surface area contributed by atoms with E-state index in [2.05, 4.69) is 5.32 Å². The van der Waals surface area contributed by atoms with Crippen molar-refractivity contribution in [1.29, 1.82) is 0 Å². The molecule has 0 unspecified atom stereocenters. The molecule has 21 heavy (non-hydrogen) atoms. The molecule has 0 radical (unpaired) electrons. The molecule has 0 aromatic heterocycles. The van der Waals surface area contributed by atoms with E-state index in [0.29, 0.717) is 26.2 Å². The minimum absolute atomic E-state index is 0.0800. The first-order valence-corrected chi connectivity index (χ1v) is 7.28. The molecule has 0 atom stereocenters. The van der Waals surface area contributed by atoms with Crippen molar-refractivity contribution >= 4 is 17.8 Å². The smallest absolute Gasteiger partial charge is 0.410 e. The number of hydrogen-bond acceptors (Lipinski definition) is 3. The highest BCUT2D eigenvalue weighted by atomic mass is 16.6. The Hall–Kier alpha value is -2.24. The second-order valence-corrected chi connectivity index (χ2v) is 5.32. The third-order valence-electron chi connectivity index (χ3n) is 4.01. The normalized spacial score (nSPS) is 19.5. The number of amides is 3. The van der Waals surface area contributed by atoms with E-state index in [-0.39, 0.29) is 18.2 Å². The van der Waals surface area contributed by atoms with Crippen LogP contribution in [0.3, 0.4) is 0 Å². The van der Waals surface area contributed by atoms with E-state index in [1.807, 2.05) is 30.3 Å². The van der Waals surface area contributed by atoms with E-state index in [0.717, 1.165) is 18.5 Å². The third kappa shape index (κ3) is 3.09. The molecule has 6 heteroatoms. The first kappa shape index (κ1) is 13.7. The summed E-state index contributed by atoms with van der Waals surface area (Å²) in [7, 11) is 0. The van der Waals surface area contributed by atoms with Crippen LogP contribution in [-0.4, -0.2) is 54.2 Å². The van der Waals surface area contributed by atoms with Gasteiger partial charge in [-0.25, -0.2) is 9.59 Å². The summed E-state index contributed by atoms with van der Waals surface area (Å²) >= 11 is 0. The lowest BCUT2D eigenvalue weighted by Gasteiger charge is -2.35. The summed E-state index contributed by atoms with van der Waals surface area (Å²) in [4.78, 5) is 27.3. The van der Waals surface area contributed by atoms with E-state index in [1.54, 1.807) is 9.80 Å². The Balaban J connectivity index is 1.51. The van der Waals surface area contributed by atoms with Gasteiger partial charge in [0.25, 0.3) is 0 Å². The van der Waals surface area contributed by atoms with E-state index >= 15 is 0 Å². The molecule has 2 saturated heterocycles. The van der Waals surface area contributed by atoms with Gasteiger partial charge < -0.3 is 19.9 Å². The number of carbonyl (C=O) groups is 2. The minimum atomic E-state index is -0.220. The molecule has 1 aromatic carbocycles. The molecule has 3 amide bonds. The lowest BCUT2D eigenvalue weighted by molar-refractivity contribution is 0.125. The maximum atomic E-state index is 12.2. The summed E-state index contributed by atoms with van der Waals surface area (Å²) in [6.07, 6.45) is 1.39. The monoisotopic (exact) mass is 289 g/mol. The summed E-state index contributed by atoms with van der Waals surface area (Å²) in [5.41, 5.74) is 0.799. The molecule has 0 saturated carbocycles. The number of piperidine rings is 1. The topological polar surface area (TPSA) is 61.9 Å². The number of cyclic esters (lactones) is 1. The Morgan fingerprint density at radius 1 is 1.14 bits per heavy atom. The molecule has 1 N–H and O–H groups in total. The van der Waals surface area contributed by atoms with E-state index < -0.39 is 0 Å². The van der Waals surface area contributed by atoms with Gasteiger partial charge in [-0.15, -0.1) is 0 Å². The number of likely N-dealkylation sites (tertiary alicyclic amines) is 1. The highest BCUT2D eigenvalue weighted by molar-refractivity contribution is 5.89. The first-order valence-electron chi connectivity index (χ1n) is 7.28. The molecule has 2 fully saturated rings. The van der Waals surface area contributed by atoms with Gasteiger partial charge in [0.05, 0.1) is 6.54 Å². The third-order valence-corrected chi connectivity index (χ3v) is 4.01. The maximum absolute atomic E-state index is 12.2. The molecule has 0 bridgehead atoms.